The molecule has 4 aromatic carbocycles. The predicted octanol–water partition coefficient (Wildman–Crippen LogP) is 7.78. The minimum atomic E-state index is -0.344. The quantitative estimate of drug-likeness (QED) is 0.243. The SMILES string of the molecule is COc1ccc(NC2=Nc3ccccc3N3C2=Nc2c(c(C)nn2-c2ccccc2)C3c2ccc(F)cc2)cc1Cl. The van der Waals surface area contributed by atoms with Gasteiger partial charge in [0.25, 0.3) is 0 Å². The van der Waals surface area contributed by atoms with E-state index in [1.807, 2.05) is 84.4 Å². The number of nitrogens with zero attached hydrogens (tertiary/aromatic N) is 5. The number of fused-ring (bicyclic) bond motifs is 4. The normalized spacial score (nSPS) is 15.3. The number of hydrogen-bond acceptors (Lipinski definition) is 6. The molecule has 41 heavy (non-hydrogen) atoms. The average Bonchev–Trinajstić information content (AvgIpc) is 3.33. The summed E-state index contributed by atoms with van der Waals surface area (Å²) in [6.45, 7) is 1.98. The standard InChI is InChI=1S/C32H24ClFN6O/c1-19-28-29(20-12-14-21(34)15-13-20)39-26-11-7-6-10-25(26)36-30(35-22-16-17-27(41-2)24(33)18-22)32(39)37-31(28)40(38-19)23-8-4-3-5-9-23/h3-18,29H,1-2H3,(H,35,36). The van der Waals surface area contributed by atoms with Crippen LogP contribution in [-0.4, -0.2) is 28.6 Å². The first kappa shape index (κ1) is 25.0. The molecule has 1 N–H and O–H groups in total. The van der Waals surface area contributed by atoms with Gasteiger partial charge >= 0.3 is 0 Å². The van der Waals surface area contributed by atoms with Crippen LogP contribution in [0.3, 0.4) is 0 Å². The fourth-order valence-electron chi connectivity index (χ4n) is 5.39. The molecule has 0 radical (unpaired) electrons. The minimum Gasteiger partial charge on any atom is -0.495 e. The van der Waals surface area contributed by atoms with Crippen molar-refractivity contribution in [3.8, 4) is 11.4 Å². The number of hydrogen-bond donors (Lipinski definition) is 1. The van der Waals surface area contributed by atoms with E-state index in [1.54, 1.807) is 19.2 Å². The zero-order valence-corrected chi connectivity index (χ0v) is 23.0. The van der Waals surface area contributed by atoms with Gasteiger partial charge in [0.1, 0.15) is 11.6 Å². The molecule has 2 aliphatic rings. The number of methoxy groups -OCH3 is 1. The molecule has 1 unspecified atom stereocenters. The molecule has 0 spiro atoms. The van der Waals surface area contributed by atoms with Crippen LogP contribution in [0.5, 0.6) is 5.75 Å². The molecule has 1 atom stereocenters. The first-order valence-corrected chi connectivity index (χ1v) is 13.5. The number of anilines is 2. The van der Waals surface area contributed by atoms with Crippen molar-refractivity contribution in [3.05, 3.63) is 125 Å². The third-order valence-corrected chi connectivity index (χ3v) is 7.53. The molecule has 2 aliphatic heterocycles. The first-order valence-electron chi connectivity index (χ1n) is 13.1. The zero-order valence-electron chi connectivity index (χ0n) is 22.2. The minimum absolute atomic E-state index is 0.297. The number of para-hydroxylation sites is 3. The number of aliphatic imine (C=N–C) groups is 2. The van der Waals surface area contributed by atoms with Crippen molar-refractivity contribution in [3.63, 3.8) is 0 Å². The number of halogens is 2. The maximum absolute atomic E-state index is 14.1. The van der Waals surface area contributed by atoms with Gasteiger partial charge in [-0.3, -0.25) is 0 Å². The molecule has 5 aromatic rings. The van der Waals surface area contributed by atoms with Crippen LogP contribution in [0.1, 0.15) is 22.9 Å². The molecular formula is C32H24ClFN6O. The van der Waals surface area contributed by atoms with Crippen LogP contribution in [-0.2, 0) is 0 Å². The van der Waals surface area contributed by atoms with Gasteiger partial charge in [-0.15, -0.1) is 0 Å². The summed E-state index contributed by atoms with van der Waals surface area (Å²) in [4.78, 5) is 12.3. The van der Waals surface area contributed by atoms with Gasteiger partial charge in [-0.2, -0.15) is 5.10 Å². The van der Waals surface area contributed by atoms with Crippen molar-refractivity contribution in [2.24, 2.45) is 9.98 Å². The molecule has 0 bridgehead atoms. The second-order valence-electron chi connectivity index (χ2n) is 9.75. The van der Waals surface area contributed by atoms with Gasteiger partial charge in [0.2, 0.25) is 0 Å². The molecule has 1 aromatic heterocycles. The van der Waals surface area contributed by atoms with Crippen LogP contribution in [0.4, 0.5) is 27.3 Å². The van der Waals surface area contributed by atoms with E-state index in [9.17, 15) is 4.39 Å². The van der Waals surface area contributed by atoms with Crippen LogP contribution in [0.15, 0.2) is 107 Å². The maximum Gasteiger partial charge on any atom is 0.179 e. The van der Waals surface area contributed by atoms with Crippen LogP contribution in [0, 0.1) is 12.7 Å². The topological polar surface area (TPSA) is 67.0 Å². The first-order chi connectivity index (χ1) is 20.0. The van der Waals surface area contributed by atoms with E-state index in [0.29, 0.717) is 28.3 Å². The Morgan fingerprint density at radius 3 is 2.41 bits per heavy atom. The van der Waals surface area contributed by atoms with E-state index in [4.69, 9.17) is 31.4 Å². The third kappa shape index (κ3) is 4.24. The summed E-state index contributed by atoms with van der Waals surface area (Å²) in [5.41, 5.74) is 5.95. The average molecular weight is 563 g/mol. The highest BCUT2D eigenvalue weighted by atomic mass is 35.5. The molecule has 0 aliphatic carbocycles. The van der Waals surface area contributed by atoms with Gasteiger partial charge in [-0.25, -0.2) is 19.1 Å². The van der Waals surface area contributed by atoms with Gasteiger partial charge in [0.15, 0.2) is 17.5 Å². The van der Waals surface area contributed by atoms with Crippen molar-refractivity contribution in [2.45, 2.75) is 13.0 Å². The molecule has 7 nitrogen and oxygen atoms in total. The molecule has 0 saturated heterocycles. The zero-order chi connectivity index (χ0) is 28.1. The second-order valence-corrected chi connectivity index (χ2v) is 10.2. The Morgan fingerprint density at radius 2 is 1.66 bits per heavy atom. The molecule has 202 valence electrons. The summed E-state index contributed by atoms with van der Waals surface area (Å²) in [6, 6.07) is 29.5. The Kier molecular flexibility index (Phi) is 6.05. The van der Waals surface area contributed by atoms with Gasteiger partial charge < -0.3 is 15.0 Å². The van der Waals surface area contributed by atoms with E-state index in [0.717, 1.165) is 39.6 Å². The van der Waals surface area contributed by atoms with Gasteiger partial charge in [-0.1, -0.05) is 54.1 Å². The van der Waals surface area contributed by atoms with Crippen LogP contribution < -0.4 is 15.0 Å². The van der Waals surface area contributed by atoms with E-state index >= 15 is 0 Å². The highest BCUT2D eigenvalue weighted by molar-refractivity contribution is 6.51. The molecule has 9 heteroatoms. The largest absolute Gasteiger partial charge is 0.495 e. The Morgan fingerprint density at radius 1 is 0.902 bits per heavy atom. The number of nitrogens with one attached hydrogen (secondary N) is 1. The summed E-state index contributed by atoms with van der Waals surface area (Å²) in [6.07, 6.45) is 0. The molecule has 3 heterocycles. The predicted molar refractivity (Wildman–Crippen MR) is 161 cm³/mol. The lowest BCUT2D eigenvalue weighted by atomic mass is 9.93. The summed E-state index contributed by atoms with van der Waals surface area (Å²) >= 11 is 6.45. The van der Waals surface area contributed by atoms with Gasteiger partial charge in [0, 0.05) is 11.3 Å². The fourth-order valence-corrected chi connectivity index (χ4v) is 5.65. The lowest BCUT2D eigenvalue weighted by Crippen LogP contribution is -2.46. The summed E-state index contributed by atoms with van der Waals surface area (Å²) in [7, 11) is 1.58. The van der Waals surface area contributed by atoms with Crippen molar-refractivity contribution in [1.29, 1.82) is 0 Å². The van der Waals surface area contributed by atoms with Crippen molar-refractivity contribution in [1.82, 2.24) is 9.78 Å². The molecular weight excluding hydrogens is 539 g/mol. The number of rotatable bonds is 4. The second kappa shape index (κ2) is 9.91. The van der Waals surface area contributed by atoms with E-state index < -0.39 is 0 Å². The van der Waals surface area contributed by atoms with E-state index in [-0.39, 0.29) is 11.9 Å². The lowest BCUT2D eigenvalue weighted by Gasteiger charge is -2.40. The molecule has 0 saturated carbocycles. The van der Waals surface area contributed by atoms with Crippen molar-refractivity contribution in [2.75, 3.05) is 17.3 Å². The summed E-state index contributed by atoms with van der Waals surface area (Å²) in [5, 5.41) is 8.84. The monoisotopic (exact) mass is 562 g/mol. The number of aromatic nitrogens is 2. The number of ether oxygens (including phenoxy) is 1. The van der Waals surface area contributed by atoms with Gasteiger partial charge in [0.05, 0.1) is 40.9 Å². The fraction of sp³-hybridized carbons (Fsp3) is 0.0938. The van der Waals surface area contributed by atoms with Crippen molar-refractivity contribution < 1.29 is 9.13 Å². The van der Waals surface area contributed by atoms with Crippen LogP contribution in [0.2, 0.25) is 5.02 Å². The van der Waals surface area contributed by atoms with Crippen LogP contribution >= 0.6 is 11.6 Å². The van der Waals surface area contributed by atoms with Gasteiger partial charge in [-0.05, 0) is 67.1 Å². The highest BCUT2D eigenvalue weighted by Gasteiger charge is 2.41. The van der Waals surface area contributed by atoms with Crippen molar-refractivity contribution >= 4 is 46.2 Å². The lowest BCUT2D eigenvalue weighted by molar-refractivity contribution is 0.415. The number of amidine groups is 2. The number of benzene rings is 4. The van der Waals surface area contributed by atoms with E-state index in [2.05, 4.69) is 10.2 Å². The van der Waals surface area contributed by atoms with Crippen LogP contribution in [0.25, 0.3) is 5.69 Å². The molecule has 7 rings (SSSR count). The Hall–Kier alpha value is -4.95. The molecule has 0 fully saturated rings. The Bertz CT molecular complexity index is 1850. The molecule has 0 amide bonds. The summed E-state index contributed by atoms with van der Waals surface area (Å²) < 4.78 is 21.3. The smallest absolute Gasteiger partial charge is 0.179 e. The maximum atomic E-state index is 14.1. The third-order valence-electron chi connectivity index (χ3n) is 7.24. The number of aryl methyl sites for hydroxylation is 1. The van der Waals surface area contributed by atoms with E-state index in [1.165, 1.54) is 12.1 Å². The Balaban J connectivity index is 1.47. The highest BCUT2D eigenvalue weighted by Crippen LogP contribution is 2.48. The summed E-state index contributed by atoms with van der Waals surface area (Å²) in [5.74, 6) is 2.12. The Labute approximate surface area is 241 Å².